The Morgan fingerprint density at radius 2 is 2.08 bits per heavy atom. The highest BCUT2D eigenvalue weighted by Gasteiger charge is 2.20. The van der Waals surface area contributed by atoms with Gasteiger partial charge in [-0.15, -0.1) is 0 Å². The van der Waals surface area contributed by atoms with Crippen molar-refractivity contribution in [1.82, 2.24) is 9.97 Å². The zero-order valence-corrected chi connectivity index (χ0v) is 14.4. The van der Waals surface area contributed by atoms with Crippen molar-refractivity contribution in [3.63, 3.8) is 0 Å². The van der Waals surface area contributed by atoms with E-state index in [0.29, 0.717) is 5.82 Å². The van der Waals surface area contributed by atoms with Crippen LogP contribution in [0.25, 0.3) is 16.5 Å². The van der Waals surface area contributed by atoms with Gasteiger partial charge >= 0.3 is 0 Å². The summed E-state index contributed by atoms with van der Waals surface area (Å²) in [7, 11) is 0. The third-order valence-corrected chi connectivity index (χ3v) is 5.13. The van der Waals surface area contributed by atoms with Gasteiger partial charge in [0.15, 0.2) is 0 Å². The largest absolute Gasteiger partial charge is 0.384 e. The van der Waals surface area contributed by atoms with Gasteiger partial charge in [-0.05, 0) is 34.9 Å². The van der Waals surface area contributed by atoms with Crippen molar-refractivity contribution in [3.8, 4) is 0 Å². The SMILES string of the molecule is Nc1cc(N2CCc3ncccc3C2)c2ccc(C3=CC=NC3)cc2n1. The number of rotatable bonds is 2. The Labute approximate surface area is 151 Å². The molecule has 0 radical (unpaired) electrons. The molecule has 2 aliphatic rings. The quantitative estimate of drug-likeness (QED) is 0.777. The minimum Gasteiger partial charge on any atom is -0.384 e. The molecule has 1 aromatic carbocycles. The van der Waals surface area contributed by atoms with Crippen LogP contribution in [0.1, 0.15) is 16.8 Å². The van der Waals surface area contributed by atoms with Gasteiger partial charge in [-0.3, -0.25) is 9.98 Å². The van der Waals surface area contributed by atoms with E-state index < -0.39 is 0 Å². The summed E-state index contributed by atoms with van der Waals surface area (Å²) in [5, 5.41) is 1.13. The third kappa shape index (κ3) is 2.52. The van der Waals surface area contributed by atoms with Crippen LogP contribution >= 0.6 is 0 Å². The molecule has 2 aromatic heterocycles. The number of nitrogen functional groups attached to an aromatic ring is 1. The second-order valence-corrected chi connectivity index (χ2v) is 6.76. The smallest absolute Gasteiger partial charge is 0.126 e. The molecule has 0 aliphatic carbocycles. The fourth-order valence-electron chi connectivity index (χ4n) is 3.80. The van der Waals surface area contributed by atoms with Gasteiger partial charge in [0.1, 0.15) is 5.82 Å². The van der Waals surface area contributed by atoms with E-state index in [-0.39, 0.29) is 0 Å². The number of aliphatic imine (C=N–C) groups is 1. The number of nitrogens with zero attached hydrogens (tertiary/aromatic N) is 4. The number of fused-ring (bicyclic) bond motifs is 2. The number of allylic oxidation sites excluding steroid dienone is 1. The molecular weight excluding hydrogens is 322 g/mol. The molecule has 4 heterocycles. The van der Waals surface area contributed by atoms with Gasteiger partial charge in [0.2, 0.25) is 0 Å². The predicted octanol–water partition coefficient (Wildman–Crippen LogP) is 3.24. The number of benzene rings is 1. The van der Waals surface area contributed by atoms with E-state index in [0.717, 1.165) is 48.2 Å². The van der Waals surface area contributed by atoms with E-state index in [1.807, 2.05) is 24.5 Å². The average molecular weight is 341 g/mol. The zero-order valence-electron chi connectivity index (χ0n) is 14.4. The lowest BCUT2D eigenvalue weighted by Crippen LogP contribution is -2.31. The van der Waals surface area contributed by atoms with Crippen molar-refractivity contribution in [2.45, 2.75) is 13.0 Å². The molecule has 0 amide bonds. The van der Waals surface area contributed by atoms with Crippen LogP contribution in [0.3, 0.4) is 0 Å². The van der Waals surface area contributed by atoms with Gasteiger partial charge in [-0.2, -0.15) is 0 Å². The molecule has 0 bridgehead atoms. The standard InChI is InChI=1S/C21H19N5/c22-21-11-20(26-9-6-18-16(13-26)2-1-7-24-18)17-4-3-14(10-19(17)25-21)15-5-8-23-12-15/h1-5,7-8,10-11H,6,9,12-13H2,(H2,22,25). The van der Waals surface area contributed by atoms with Crippen LogP contribution in [-0.4, -0.2) is 29.3 Å². The van der Waals surface area contributed by atoms with Crippen LogP contribution in [0.15, 0.2) is 53.7 Å². The second-order valence-electron chi connectivity index (χ2n) is 6.76. The highest BCUT2D eigenvalue weighted by atomic mass is 15.1. The Morgan fingerprint density at radius 3 is 2.96 bits per heavy atom. The van der Waals surface area contributed by atoms with Crippen LogP contribution in [-0.2, 0) is 13.0 Å². The lowest BCUT2D eigenvalue weighted by Gasteiger charge is -2.31. The molecule has 128 valence electrons. The van der Waals surface area contributed by atoms with Gasteiger partial charge in [-0.1, -0.05) is 18.2 Å². The summed E-state index contributed by atoms with van der Waals surface area (Å²) in [5.41, 5.74) is 13.1. The van der Waals surface area contributed by atoms with Crippen molar-refractivity contribution in [2.24, 2.45) is 4.99 Å². The Kier molecular flexibility index (Phi) is 3.45. The molecule has 26 heavy (non-hydrogen) atoms. The summed E-state index contributed by atoms with van der Waals surface area (Å²) in [6.45, 7) is 2.52. The van der Waals surface area contributed by atoms with Crippen molar-refractivity contribution >= 4 is 34.2 Å². The fourth-order valence-corrected chi connectivity index (χ4v) is 3.80. The Hall–Kier alpha value is -3.21. The average Bonchev–Trinajstić information content (AvgIpc) is 3.21. The van der Waals surface area contributed by atoms with Crippen LogP contribution in [0.5, 0.6) is 0 Å². The number of hydrogen-bond donors (Lipinski definition) is 1. The second kappa shape index (κ2) is 5.95. The normalized spacial score (nSPS) is 16.0. The Bertz CT molecular complexity index is 1070. The number of nitrogens with two attached hydrogens (primary N) is 1. The van der Waals surface area contributed by atoms with Gasteiger partial charge in [0.25, 0.3) is 0 Å². The van der Waals surface area contributed by atoms with E-state index >= 15 is 0 Å². The van der Waals surface area contributed by atoms with Crippen LogP contribution in [0.2, 0.25) is 0 Å². The van der Waals surface area contributed by atoms with E-state index in [2.05, 4.69) is 50.2 Å². The highest BCUT2D eigenvalue weighted by Crippen LogP contribution is 2.33. The monoisotopic (exact) mass is 341 g/mol. The maximum absolute atomic E-state index is 6.14. The van der Waals surface area contributed by atoms with Crippen molar-refractivity contribution < 1.29 is 0 Å². The first-order chi connectivity index (χ1) is 12.8. The minimum atomic E-state index is 0.554. The lowest BCUT2D eigenvalue weighted by atomic mass is 10.0. The molecule has 3 aromatic rings. The number of hydrogen-bond acceptors (Lipinski definition) is 5. The Morgan fingerprint density at radius 1 is 1.12 bits per heavy atom. The molecular formula is C21H19N5. The maximum atomic E-state index is 6.14. The van der Waals surface area contributed by atoms with Crippen molar-refractivity contribution in [3.05, 3.63) is 65.5 Å². The first kappa shape index (κ1) is 15.1. The summed E-state index contributed by atoms with van der Waals surface area (Å²) in [5.74, 6) is 0.554. The summed E-state index contributed by atoms with van der Waals surface area (Å²) in [6.07, 6.45) is 6.74. The molecule has 5 rings (SSSR count). The molecule has 0 saturated carbocycles. The molecule has 2 aliphatic heterocycles. The molecule has 0 saturated heterocycles. The van der Waals surface area contributed by atoms with Crippen molar-refractivity contribution in [1.29, 1.82) is 0 Å². The lowest BCUT2D eigenvalue weighted by molar-refractivity contribution is 0.714. The molecule has 2 N–H and O–H groups in total. The zero-order chi connectivity index (χ0) is 17.5. The van der Waals surface area contributed by atoms with Gasteiger partial charge in [-0.25, -0.2) is 4.98 Å². The summed E-state index contributed by atoms with van der Waals surface area (Å²) in [4.78, 5) is 15.7. The molecule has 5 heteroatoms. The van der Waals surface area contributed by atoms with Crippen LogP contribution in [0.4, 0.5) is 11.5 Å². The maximum Gasteiger partial charge on any atom is 0.126 e. The van der Waals surface area contributed by atoms with E-state index in [1.165, 1.54) is 16.8 Å². The first-order valence-corrected chi connectivity index (χ1v) is 8.85. The van der Waals surface area contributed by atoms with Crippen LogP contribution in [0, 0.1) is 0 Å². The predicted molar refractivity (Wildman–Crippen MR) is 106 cm³/mol. The van der Waals surface area contributed by atoms with Crippen LogP contribution < -0.4 is 10.6 Å². The number of pyridine rings is 2. The van der Waals surface area contributed by atoms with Gasteiger partial charge < -0.3 is 10.6 Å². The molecule has 5 nitrogen and oxygen atoms in total. The number of anilines is 2. The minimum absolute atomic E-state index is 0.554. The highest BCUT2D eigenvalue weighted by molar-refractivity contribution is 5.97. The van der Waals surface area contributed by atoms with E-state index in [4.69, 9.17) is 5.73 Å². The fraction of sp³-hybridized carbons (Fsp3) is 0.190. The molecule has 0 unspecified atom stereocenters. The van der Waals surface area contributed by atoms with E-state index in [1.54, 1.807) is 0 Å². The first-order valence-electron chi connectivity index (χ1n) is 8.85. The molecule has 0 spiro atoms. The van der Waals surface area contributed by atoms with Gasteiger partial charge in [0.05, 0.1) is 17.7 Å². The molecule has 0 atom stereocenters. The van der Waals surface area contributed by atoms with Crippen molar-refractivity contribution in [2.75, 3.05) is 23.7 Å². The number of aromatic nitrogens is 2. The van der Waals surface area contributed by atoms with Gasteiger partial charge in [0, 0.05) is 49.1 Å². The Balaban J connectivity index is 1.58. The van der Waals surface area contributed by atoms with E-state index in [9.17, 15) is 0 Å². The summed E-state index contributed by atoms with van der Waals surface area (Å²) in [6, 6.07) is 12.6. The topological polar surface area (TPSA) is 67.4 Å². The summed E-state index contributed by atoms with van der Waals surface area (Å²) >= 11 is 0. The molecule has 0 fully saturated rings. The summed E-state index contributed by atoms with van der Waals surface area (Å²) < 4.78 is 0. The third-order valence-electron chi connectivity index (χ3n) is 5.13.